The number of carboxylic acid groups (broad SMARTS) is 1. The van der Waals surface area contributed by atoms with Gasteiger partial charge in [-0.2, -0.15) is 8.78 Å². The van der Waals surface area contributed by atoms with Gasteiger partial charge in [0.1, 0.15) is 5.78 Å². The number of rotatable bonds is 14. The molecule has 3 atom stereocenters. The van der Waals surface area contributed by atoms with E-state index in [1.165, 1.54) is 6.92 Å². The number of unbranched alkanes of at least 4 members (excludes halogenated alkanes) is 3. The van der Waals surface area contributed by atoms with E-state index >= 15 is 0 Å². The number of alkyl halides is 2. The Balaban J connectivity index is 2.43. The van der Waals surface area contributed by atoms with Crippen LogP contribution in [0.5, 0.6) is 0 Å². The van der Waals surface area contributed by atoms with Gasteiger partial charge >= 0.3 is 11.9 Å². The maximum Gasteiger partial charge on any atom is 0.307 e. The van der Waals surface area contributed by atoms with Gasteiger partial charge in [-0.25, -0.2) is 0 Å². The van der Waals surface area contributed by atoms with E-state index in [0.717, 1.165) is 19.3 Å². The molecule has 0 aromatic carbocycles. The normalized spacial score (nSPS) is 21.3. The lowest BCUT2D eigenvalue weighted by molar-refractivity contribution is -0.151. The fourth-order valence-corrected chi connectivity index (χ4v) is 4.33. The summed E-state index contributed by atoms with van der Waals surface area (Å²) in [4.78, 5) is 34.8. The quantitative estimate of drug-likeness (QED) is 0.380. The molecule has 1 rings (SSSR count). The summed E-state index contributed by atoms with van der Waals surface area (Å²) in [5.74, 6) is -5.87. The molecule has 4 nitrogen and oxygen atoms in total. The maximum atomic E-state index is 14.3. The first-order chi connectivity index (χ1) is 13.1. The Labute approximate surface area is 167 Å². The number of carboxylic acids is 1. The minimum atomic E-state index is -3.30. The average Bonchev–Trinajstić information content (AvgIpc) is 2.94. The van der Waals surface area contributed by atoms with Crippen molar-refractivity contribution in [1.29, 1.82) is 0 Å². The van der Waals surface area contributed by atoms with Gasteiger partial charge in [0, 0.05) is 31.1 Å². The van der Waals surface area contributed by atoms with Crippen molar-refractivity contribution in [3.8, 4) is 0 Å². The Kier molecular flexibility index (Phi) is 10.3. The number of halogens is 2. The van der Waals surface area contributed by atoms with Crippen LogP contribution in [0.1, 0.15) is 91.4 Å². The van der Waals surface area contributed by atoms with Gasteiger partial charge in [0.05, 0.1) is 0 Å². The predicted octanol–water partition coefficient (Wildman–Crippen LogP) is 5.67. The van der Waals surface area contributed by atoms with Crippen LogP contribution in [0.3, 0.4) is 0 Å². The number of hydrogen-bond donors (Lipinski definition) is 1. The lowest BCUT2D eigenvalue weighted by Crippen LogP contribution is -2.36. The van der Waals surface area contributed by atoms with E-state index in [1.54, 1.807) is 0 Å². The first-order valence-corrected chi connectivity index (χ1v) is 10.7. The summed E-state index contributed by atoms with van der Waals surface area (Å²) in [5.41, 5.74) is 0. The van der Waals surface area contributed by atoms with Crippen molar-refractivity contribution < 1.29 is 28.3 Å². The van der Waals surface area contributed by atoms with E-state index in [4.69, 9.17) is 5.11 Å². The number of carbonyl (C=O) groups is 3. The Morgan fingerprint density at radius 3 is 2.32 bits per heavy atom. The summed E-state index contributed by atoms with van der Waals surface area (Å²) < 4.78 is 28.7. The van der Waals surface area contributed by atoms with Crippen LogP contribution in [-0.2, 0) is 14.4 Å². The summed E-state index contributed by atoms with van der Waals surface area (Å²) >= 11 is 0. The Bertz CT molecular complexity index is 531. The monoisotopic (exact) mass is 402 g/mol. The minimum Gasteiger partial charge on any atom is -0.481 e. The highest BCUT2D eigenvalue weighted by atomic mass is 19.3. The van der Waals surface area contributed by atoms with Crippen molar-refractivity contribution in [2.75, 3.05) is 0 Å². The first-order valence-electron chi connectivity index (χ1n) is 10.7. The summed E-state index contributed by atoms with van der Waals surface area (Å²) in [6.07, 6.45) is 5.69. The second-order valence-corrected chi connectivity index (χ2v) is 8.83. The molecule has 1 aliphatic carbocycles. The molecule has 0 aromatic rings. The Morgan fingerprint density at radius 2 is 1.71 bits per heavy atom. The molecule has 0 spiro atoms. The standard InChI is InChI=1S/C22H36F2O4/c1-15(2)14-16(3)22(23,24)20(26)13-11-17-10-12-19(25)18(17)8-6-4-5-7-9-21(27)28/h15-18H,4-14H2,1-3H3,(H,27,28)/t16-,17-,18?/m1/s1. The zero-order valence-electron chi connectivity index (χ0n) is 17.5. The molecule has 28 heavy (non-hydrogen) atoms. The van der Waals surface area contributed by atoms with Crippen molar-refractivity contribution in [3.63, 3.8) is 0 Å². The molecule has 0 aliphatic heterocycles. The van der Waals surface area contributed by atoms with Crippen molar-refractivity contribution in [1.82, 2.24) is 0 Å². The number of Topliss-reactive ketones (excluding diaryl/α,β-unsaturated/α-hetero) is 2. The van der Waals surface area contributed by atoms with Gasteiger partial charge < -0.3 is 5.11 Å². The highest BCUT2D eigenvalue weighted by Gasteiger charge is 2.44. The number of hydrogen-bond acceptors (Lipinski definition) is 3. The van der Waals surface area contributed by atoms with Crippen LogP contribution < -0.4 is 0 Å². The van der Waals surface area contributed by atoms with E-state index in [-0.39, 0.29) is 36.4 Å². The molecule has 0 bridgehead atoms. The average molecular weight is 403 g/mol. The van der Waals surface area contributed by atoms with E-state index in [9.17, 15) is 23.2 Å². The third kappa shape index (κ3) is 7.96. The lowest BCUT2D eigenvalue weighted by Gasteiger charge is -2.25. The molecule has 1 aliphatic rings. The third-order valence-electron chi connectivity index (χ3n) is 5.96. The van der Waals surface area contributed by atoms with Crippen LogP contribution >= 0.6 is 0 Å². The molecule has 0 saturated heterocycles. The molecule has 0 aromatic heterocycles. The first kappa shape index (κ1) is 24.7. The molecule has 1 fully saturated rings. The number of ketones is 2. The van der Waals surface area contributed by atoms with Crippen molar-refractivity contribution in [2.24, 2.45) is 23.7 Å². The largest absolute Gasteiger partial charge is 0.481 e. The molecule has 1 unspecified atom stereocenters. The second kappa shape index (κ2) is 11.6. The fraction of sp³-hybridized carbons (Fsp3) is 0.864. The van der Waals surface area contributed by atoms with Gasteiger partial charge in [-0.05, 0) is 43.9 Å². The van der Waals surface area contributed by atoms with Gasteiger partial charge in [0.25, 0.3) is 0 Å². The highest BCUT2D eigenvalue weighted by Crippen LogP contribution is 2.38. The van der Waals surface area contributed by atoms with E-state index in [0.29, 0.717) is 38.5 Å². The zero-order valence-corrected chi connectivity index (χ0v) is 17.5. The van der Waals surface area contributed by atoms with Gasteiger partial charge in [0.15, 0.2) is 0 Å². The molecule has 0 radical (unpaired) electrons. The van der Waals surface area contributed by atoms with Crippen LogP contribution in [-0.4, -0.2) is 28.6 Å². The summed E-state index contributed by atoms with van der Waals surface area (Å²) in [6.45, 7) is 5.17. The van der Waals surface area contributed by atoms with Gasteiger partial charge in [-0.15, -0.1) is 0 Å². The summed E-state index contributed by atoms with van der Waals surface area (Å²) in [5, 5.41) is 8.62. The topological polar surface area (TPSA) is 71.4 Å². The molecule has 6 heteroatoms. The molecule has 0 amide bonds. The van der Waals surface area contributed by atoms with Crippen LogP contribution in [0.2, 0.25) is 0 Å². The van der Waals surface area contributed by atoms with Crippen LogP contribution in [0.4, 0.5) is 8.78 Å². The van der Waals surface area contributed by atoms with E-state index in [2.05, 4.69) is 0 Å². The molecular weight excluding hydrogens is 366 g/mol. The Morgan fingerprint density at radius 1 is 1.07 bits per heavy atom. The van der Waals surface area contributed by atoms with Gasteiger partial charge in [-0.3, -0.25) is 14.4 Å². The maximum absolute atomic E-state index is 14.3. The van der Waals surface area contributed by atoms with Crippen molar-refractivity contribution in [3.05, 3.63) is 0 Å². The SMILES string of the molecule is CC(C)C[C@@H](C)C(F)(F)C(=O)CC[C@H]1CCC(=O)C1CCCCCCC(=O)O. The van der Waals surface area contributed by atoms with E-state index in [1.807, 2.05) is 13.8 Å². The number of aliphatic carboxylic acids is 1. The summed E-state index contributed by atoms with van der Waals surface area (Å²) in [6, 6.07) is 0. The highest BCUT2D eigenvalue weighted by molar-refractivity contribution is 5.86. The Hall–Kier alpha value is -1.33. The van der Waals surface area contributed by atoms with Gasteiger partial charge in [-0.1, -0.05) is 40.0 Å². The molecule has 1 N–H and O–H groups in total. The zero-order chi connectivity index (χ0) is 21.3. The van der Waals surface area contributed by atoms with Crippen molar-refractivity contribution >= 4 is 17.5 Å². The number of carbonyl (C=O) groups excluding carboxylic acids is 2. The van der Waals surface area contributed by atoms with Crippen LogP contribution in [0.25, 0.3) is 0 Å². The fourth-order valence-electron chi connectivity index (χ4n) is 4.33. The smallest absolute Gasteiger partial charge is 0.307 e. The minimum absolute atomic E-state index is 0.0201. The van der Waals surface area contributed by atoms with E-state index < -0.39 is 23.6 Å². The molecule has 162 valence electrons. The van der Waals surface area contributed by atoms with Crippen molar-refractivity contribution in [2.45, 2.75) is 97.3 Å². The lowest BCUT2D eigenvalue weighted by atomic mass is 9.84. The predicted molar refractivity (Wildman–Crippen MR) is 104 cm³/mol. The molecular formula is C22H36F2O4. The summed E-state index contributed by atoms with van der Waals surface area (Å²) in [7, 11) is 0. The third-order valence-corrected chi connectivity index (χ3v) is 5.96. The van der Waals surface area contributed by atoms with Crippen LogP contribution in [0, 0.1) is 23.7 Å². The van der Waals surface area contributed by atoms with Crippen LogP contribution in [0.15, 0.2) is 0 Å². The second-order valence-electron chi connectivity index (χ2n) is 8.83. The molecule has 1 saturated carbocycles. The van der Waals surface area contributed by atoms with Gasteiger partial charge in [0.2, 0.25) is 5.78 Å². The molecule has 0 heterocycles.